The lowest BCUT2D eigenvalue weighted by atomic mass is 10.1. The lowest BCUT2D eigenvalue weighted by Crippen LogP contribution is -2.49. The van der Waals surface area contributed by atoms with Crippen LogP contribution in [-0.4, -0.2) is 56.7 Å². The molecule has 0 aromatic carbocycles. The van der Waals surface area contributed by atoms with Crippen LogP contribution in [0, 0.1) is 0 Å². The zero-order valence-corrected chi connectivity index (χ0v) is 12.7. The molecule has 2 rings (SSSR count). The van der Waals surface area contributed by atoms with Gasteiger partial charge in [0.1, 0.15) is 4.90 Å². The Hall–Kier alpha value is -0.970. The van der Waals surface area contributed by atoms with Crippen molar-refractivity contribution in [3.63, 3.8) is 0 Å². The number of aromatic amines is 1. The van der Waals surface area contributed by atoms with Crippen molar-refractivity contribution in [3.05, 3.63) is 12.4 Å². The Morgan fingerprint density at radius 3 is 2.75 bits per heavy atom. The molecule has 0 bridgehead atoms. The fourth-order valence-electron chi connectivity index (χ4n) is 2.26. The normalized spacial score (nSPS) is 21.9. The van der Waals surface area contributed by atoms with E-state index in [1.807, 2.05) is 0 Å². The van der Waals surface area contributed by atoms with E-state index in [2.05, 4.69) is 14.9 Å². The molecule has 0 saturated carbocycles. The van der Waals surface area contributed by atoms with Crippen LogP contribution < -0.4 is 4.72 Å². The lowest BCUT2D eigenvalue weighted by Gasteiger charge is -2.34. The Balaban J connectivity index is 2.19. The molecule has 1 unspecified atom stereocenters. The Bertz CT molecular complexity index is 639. The summed E-state index contributed by atoms with van der Waals surface area (Å²) in [6.07, 6.45) is 5.93. The first-order valence-corrected chi connectivity index (χ1v) is 9.59. The van der Waals surface area contributed by atoms with E-state index in [-0.39, 0.29) is 17.5 Å². The average molecular weight is 322 g/mol. The third-order valence-electron chi connectivity index (χ3n) is 3.23. The van der Waals surface area contributed by atoms with E-state index >= 15 is 0 Å². The van der Waals surface area contributed by atoms with Gasteiger partial charge in [-0.25, -0.2) is 21.6 Å². The number of hydrogen-bond acceptors (Lipinski definition) is 5. The van der Waals surface area contributed by atoms with E-state index in [4.69, 9.17) is 0 Å². The van der Waals surface area contributed by atoms with Gasteiger partial charge in [0.25, 0.3) is 0 Å². The van der Waals surface area contributed by atoms with Gasteiger partial charge in [-0.3, -0.25) is 5.10 Å². The first kappa shape index (κ1) is 15.4. The summed E-state index contributed by atoms with van der Waals surface area (Å²) >= 11 is 0. The molecule has 2 N–H and O–H groups in total. The van der Waals surface area contributed by atoms with Crippen molar-refractivity contribution in [1.82, 2.24) is 19.2 Å². The second-order valence-electron chi connectivity index (χ2n) is 4.82. The second-order valence-corrected chi connectivity index (χ2v) is 8.54. The molecule has 1 atom stereocenters. The molecule has 1 aromatic heterocycles. The van der Waals surface area contributed by atoms with Crippen molar-refractivity contribution in [2.45, 2.75) is 30.2 Å². The minimum absolute atomic E-state index is 0.0932. The maximum atomic E-state index is 12.5. The summed E-state index contributed by atoms with van der Waals surface area (Å²) < 4.78 is 51.0. The summed E-state index contributed by atoms with van der Waals surface area (Å²) in [7, 11) is -6.97. The molecule has 1 aliphatic heterocycles. The molecule has 10 heteroatoms. The third-order valence-corrected chi connectivity index (χ3v) is 5.84. The number of H-pyrrole nitrogens is 1. The van der Waals surface area contributed by atoms with Crippen LogP contribution in [0.5, 0.6) is 0 Å². The van der Waals surface area contributed by atoms with Crippen LogP contribution in [0.2, 0.25) is 0 Å². The van der Waals surface area contributed by atoms with Crippen LogP contribution >= 0.6 is 0 Å². The predicted octanol–water partition coefficient (Wildman–Crippen LogP) is -0.498. The van der Waals surface area contributed by atoms with Crippen LogP contribution in [0.1, 0.15) is 19.3 Å². The van der Waals surface area contributed by atoms with E-state index in [0.717, 1.165) is 19.1 Å². The predicted molar refractivity (Wildman–Crippen MR) is 73.0 cm³/mol. The molecule has 0 spiro atoms. The van der Waals surface area contributed by atoms with Gasteiger partial charge in [-0.05, 0) is 12.8 Å². The average Bonchev–Trinajstić information content (AvgIpc) is 2.90. The minimum Gasteiger partial charge on any atom is -0.284 e. The summed E-state index contributed by atoms with van der Waals surface area (Å²) in [4.78, 5) is 0.101. The number of sulfonamides is 2. The molecule has 1 aromatic rings. The summed E-state index contributed by atoms with van der Waals surface area (Å²) in [5.74, 6) is 0. The zero-order valence-electron chi connectivity index (χ0n) is 11.1. The van der Waals surface area contributed by atoms with Gasteiger partial charge < -0.3 is 0 Å². The monoisotopic (exact) mass is 322 g/mol. The van der Waals surface area contributed by atoms with E-state index < -0.39 is 20.0 Å². The van der Waals surface area contributed by atoms with Crippen LogP contribution in [0.25, 0.3) is 0 Å². The van der Waals surface area contributed by atoms with Crippen LogP contribution in [0.15, 0.2) is 17.3 Å². The number of rotatable bonds is 5. The Kier molecular flexibility index (Phi) is 4.47. The standard InChI is InChI=1S/C10H18N4O4S2/c1-19(15,16)13-6-9-4-2-3-5-14(9)20(17,18)10-7-11-12-8-10/h7-9,13H,2-6H2,1H3,(H,11,12). The highest BCUT2D eigenvalue weighted by Gasteiger charge is 2.34. The Labute approximate surface area is 118 Å². The highest BCUT2D eigenvalue weighted by molar-refractivity contribution is 7.89. The smallest absolute Gasteiger partial charge is 0.246 e. The van der Waals surface area contributed by atoms with Gasteiger partial charge in [-0.2, -0.15) is 9.40 Å². The first-order chi connectivity index (χ1) is 9.31. The second kappa shape index (κ2) is 5.80. The molecule has 1 fully saturated rings. The van der Waals surface area contributed by atoms with Crippen molar-refractivity contribution in [2.24, 2.45) is 0 Å². The van der Waals surface area contributed by atoms with Gasteiger partial charge in [0.15, 0.2) is 0 Å². The van der Waals surface area contributed by atoms with Gasteiger partial charge in [-0.15, -0.1) is 0 Å². The van der Waals surface area contributed by atoms with Crippen LogP contribution in [-0.2, 0) is 20.0 Å². The minimum atomic E-state index is -3.63. The maximum absolute atomic E-state index is 12.5. The molecule has 114 valence electrons. The number of piperidine rings is 1. The van der Waals surface area contributed by atoms with Gasteiger partial charge in [0.2, 0.25) is 20.0 Å². The largest absolute Gasteiger partial charge is 0.284 e. The molecule has 20 heavy (non-hydrogen) atoms. The lowest BCUT2D eigenvalue weighted by molar-refractivity contribution is 0.253. The fourth-order valence-corrected chi connectivity index (χ4v) is 4.35. The van der Waals surface area contributed by atoms with Crippen molar-refractivity contribution >= 4 is 20.0 Å². The van der Waals surface area contributed by atoms with Crippen molar-refractivity contribution in [3.8, 4) is 0 Å². The van der Waals surface area contributed by atoms with Gasteiger partial charge in [-0.1, -0.05) is 6.42 Å². The number of hydrogen-bond donors (Lipinski definition) is 2. The summed E-state index contributed by atoms with van der Waals surface area (Å²) in [5.41, 5.74) is 0. The Morgan fingerprint density at radius 1 is 1.40 bits per heavy atom. The molecule has 0 amide bonds. The quantitative estimate of drug-likeness (QED) is 0.759. The first-order valence-electron chi connectivity index (χ1n) is 6.26. The molecule has 1 aliphatic rings. The van der Waals surface area contributed by atoms with Crippen molar-refractivity contribution < 1.29 is 16.8 Å². The summed E-state index contributed by atoms with van der Waals surface area (Å²) in [6.45, 7) is 0.486. The Morgan fingerprint density at radius 2 is 2.15 bits per heavy atom. The molecule has 1 saturated heterocycles. The zero-order chi connectivity index (χ0) is 14.8. The van der Waals surface area contributed by atoms with E-state index in [0.29, 0.717) is 13.0 Å². The van der Waals surface area contributed by atoms with Crippen LogP contribution in [0.4, 0.5) is 0 Å². The molecule has 0 radical (unpaired) electrons. The summed E-state index contributed by atoms with van der Waals surface area (Å²) in [5, 5.41) is 6.13. The highest BCUT2D eigenvalue weighted by Crippen LogP contribution is 2.24. The molecule has 2 heterocycles. The highest BCUT2D eigenvalue weighted by atomic mass is 32.2. The number of nitrogens with one attached hydrogen (secondary N) is 2. The van der Waals surface area contributed by atoms with Gasteiger partial charge >= 0.3 is 0 Å². The number of aromatic nitrogens is 2. The third kappa shape index (κ3) is 3.57. The maximum Gasteiger partial charge on any atom is 0.246 e. The van der Waals surface area contributed by atoms with E-state index in [1.54, 1.807) is 0 Å². The van der Waals surface area contributed by atoms with Gasteiger partial charge in [0, 0.05) is 25.3 Å². The topological polar surface area (TPSA) is 112 Å². The summed E-state index contributed by atoms with van der Waals surface area (Å²) in [6, 6.07) is -0.363. The van der Waals surface area contributed by atoms with Crippen molar-refractivity contribution in [2.75, 3.05) is 19.3 Å². The van der Waals surface area contributed by atoms with E-state index in [9.17, 15) is 16.8 Å². The number of nitrogens with zero attached hydrogens (tertiary/aromatic N) is 2. The molecule has 0 aliphatic carbocycles. The molecular formula is C10H18N4O4S2. The van der Waals surface area contributed by atoms with Crippen molar-refractivity contribution in [1.29, 1.82) is 0 Å². The van der Waals surface area contributed by atoms with Crippen LogP contribution in [0.3, 0.4) is 0 Å². The van der Waals surface area contributed by atoms with Gasteiger partial charge in [0.05, 0.1) is 12.5 Å². The molecule has 8 nitrogen and oxygen atoms in total. The molecular weight excluding hydrogens is 304 g/mol. The SMILES string of the molecule is CS(=O)(=O)NCC1CCCCN1S(=O)(=O)c1cn[nH]c1. The van der Waals surface area contributed by atoms with E-state index in [1.165, 1.54) is 16.7 Å². The fraction of sp³-hybridized carbons (Fsp3) is 0.700.